The zero-order valence-electron chi connectivity index (χ0n) is 5.37. The lowest BCUT2D eigenvalue weighted by atomic mass is 10.3. The predicted octanol–water partition coefficient (Wildman–Crippen LogP) is 2.22. The molecule has 0 amide bonds. The lowest BCUT2D eigenvalue weighted by Gasteiger charge is -1.99. The Morgan fingerprint density at radius 2 is 2.45 bits per heavy atom. The van der Waals surface area contributed by atoms with Crippen LogP contribution in [-0.2, 0) is 0 Å². The highest BCUT2D eigenvalue weighted by Crippen LogP contribution is 2.22. The molecule has 0 fully saturated rings. The zero-order valence-corrected chi connectivity index (χ0v) is 6.12. The number of alkyl halides is 1. The molecule has 5 heteroatoms. The Morgan fingerprint density at radius 1 is 1.73 bits per heavy atom. The van der Waals surface area contributed by atoms with Gasteiger partial charge in [0.1, 0.15) is 0 Å². The third kappa shape index (κ3) is 1.71. The summed E-state index contributed by atoms with van der Waals surface area (Å²) in [4.78, 5) is 13.2. The Hall–Kier alpha value is -1.03. The van der Waals surface area contributed by atoms with Gasteiger partial charge >= 0.3 is 0 Å². The molecule has 0 N–H and O–H groups in total. The molecule has 0 radical (unpaired) electrons. The van der Waals surface area contributed by atoms with Crippen molar-refractivity contribution in [3.05, 3.63) is 34.7 Å². The van der Waals surface area contributed by atoms with Gasteiger partial charge in [-0.2, -0.15) is 4.39 Å². The fraction of sp³-hybridized carbons (Fsp3) is 0.167. The first kappa shape index (κ1) is 8.07. The molecule has 0 spiro atoms. The summed E-state index contributed by atoms with van der Waals surface area (Å²) in [7, 11) is 0. The van der Waals surface area contributed by atoms with Gasteiger partial charge in [0.25, 0.3) is 0 Å². The van der Waals surface area contributed by atoms with Gasteiger partial charge in [0.15, 0.2) is 5.50 Å². The van der Waals surface area contributed by atoms with Crippen molar-refractivity contribution >= 4 is 11.6 Å². The van der Waals surface area contributed by atoms with Crippen molar-refractivity contribution in [2.45, 2.75) is 5.50 Å². The fourth-order valence-electron chi connectivity index (χ4n) is 0.633. The molecule has 1 heterocycles. The Labute approximate surface area is 67.2 Å². The van der Waals surface area contributed by atoms with Gasteiger partial charge in [0.2, 0.25) is 5.95 Å². The van der Waals surface area contributed by atoms with Crippen LogP contribution in [-0.4, -0.2) is 4.98 Å². The van der Waals surface area contributed by atoms with E-state index in [0.29, 0.717) is 0 Å². The zero-order chi connectivity index (χ0) is 8.27. The highest BCUT2D eigenvalue weighted by Gasteiger charge is 2.12. The van der Waals surface area contributed by atoms with Gasteiger partial charge in [-0.05, 0) is 17.3 Å². The van der Waals surface area contributed by atoms with Crippen LogP contribution in [0.4, 0.5) is 4.39 Å². The van der Waals surface area contributed by atoms with E-state index in [4.69, 9.17) is 11.6 Å². The summed E-state index contributed by atoms with van der Waals surface area (Å²) in [6.45, 7) is 0. The van der Waals surface area contributed by atoms with Gasteiger partial charge in [-0.3, -0.25) is 0 Å². The summed E-state index contributed by atoms with van der Waals surface area (Å²) in [5, 5.41) is 2.45. The summed E-state index contributed by atoms with van der Waals surface area (Å²) >= 11 is 5.34. The minimum Gasteiger partial charge on any atom is -0.228 e. The van der Waals surface area contributed by atoms with Gasteiger partial charge in [-0.1, -0.05) is 11.6 Å². The van der Waals surface area contributed by atoms with Gasteiger partial charge < -0.3 is 0 Å². The topological polar surface area (TPSA) is 42.3 Å². The maximum atomic E-state index is 12.6. The summed E-state index contributed by atoms with van der Waals surface area (Å²) in [6, 6.07) is 2.85. The molecule has 0 aliphatic rings. The van der Waals surface area contributed by atoms with E-state index in [1.165, 1.54) is 18.3 Å². The largest absolute Gasteiger partial charge is 0.228 e. The lowest BCUT2D eigenvalue weighted by Crippen LogP contribution is -1.93. The van der Waals surface area contributed by atoms with Crippen molar-refractivity contribution in [3.8, 4) is 0 Å². The summed E-state index contributed by atoms with van der Waals surface area (Å²) < 4.78 is 12.6. The van der Waals surface area contributed by atoms with Crippen LogP contribution < -0.4 is 0 Å². The molecule has 0 aliphatic carbocycles. The average molecular weight is 175 g/mol. The number of pyridine rings is 1. The van der Waals surface area contributed by atoms with Crippen LogP contribution in [0.25, 0.3) is 0 Å². The van der Waals surface area contributed by atoms with Crippen molar-refractivity contribution in [2.75, 3.05) is 0 Å². The third-order valence-electron chi connectivity index (χ3n) is 1.14. The fourth-order valence-corrected chi connectivity index (χ4v) is 0.796. The molecule has 0 saturated heterocycles. The first-order valence-electron chi connectivity index (χ1n) is 2.82. The van der Waals surface area contributed by atoms with E-state index in [0.717, 1.165) is 0 Å². The second-order valence-electron chi connectivity index (χ2n) is 1.82. The number of rotatable bonds is 2. The van der Waals surface area contributed by atoms with Crippen LogP contribution in [0.15, 0.2) is 23.5 Å². The van der Waals surface area contributed by atoms with Crippen LogP contribution in [0, 0.1) is 10.9 Å². The van der Waals surface area contributed by atoms with Crippen LogP contribution in [0.3, 0.4) is 0 Å². The smallest absolute Gasteiger partial charge is 0.219 e. The second-order valence-corrected chi connectivity index (χ2v) is 2.24. The Bertz CT molecular complexity index is 269. The van der Waals surface area contributed by atoms with E-state index in [1.54, 1.807) is 0 Å². The molecule has 0 saturated carbocycles. The van der Waals surface area contributed by atoms with E-state index < -0.39 is 11.4 Å². The van der Waals surface area contributed by atoms with E-state index in [2.05, 4.69) is 10.2 Å². The number of halogens is 2. The van der Waals surface area contributed by atoms with E-state index >= 15 is 0 Å². The molecule has 0 bridgehead atoms. The van der Waals surface area contributed by atoms with Crippen molar-refractivity contribution in [1.82, 2.24) is 4.98 Å². The molecule has 58 valence electrons. The van der Waals surface area contributed by atoms with Crippen LogP contribution in [0.2, 0.25) is 0 Å². The van der Waals surface area contributed by atoms with E-state index in [9.17, 15) is 9.30 Å². The highest BCUT2D eigenvalue weighted by molar-refractivity contribution is 6.20. The number of hydrogen-bond donors (Lipinski definition) is 0. The monoisotopic (exact) mass is 174 g/mol. The Kier molecular flexibility index (Phi) is 2.48. The van der Waals surface area contributed by atoms with E-state index in [-0.39, 0.29) is 5.56 Å². The van der Waals surface area contributed by atoms with Crippen molar-refractivity contribution in [1.29, 1.82) is 0 Å². The number of aromatic nitrogens is 1. The normalized spacial score (nSPS) is 12.5. The molecular weight excluding hydrogens is 171 g/mol. The molecule has 1 aromatic rings. The SMILES string of the molecule is O=NC(Cl)c1cccnc1F. The van der Waals surface area contributed by atoms with E-state index in [1.807, 2.05) is 0 Å². The number of nitrogens with zero attached hydrogens (tertiary/aromatic N) is 2. The predicted molar refractivity (Wildman–Crippen MR) is 38.6 cm³/mol. The van der Waals surface area contributed by atoms with Gasteiger partial charge in [-0.25, -0.2) is 4.98 Å². The van der Waals surface area contributed by atoms with Crippen molar-refractivity contribution in [3.63, 3.8) is 0 Å². The third-order valence-corrected chi connectivity index (χ3v) is 1.45. The standard InChI is InChI=1S/C6H4ClFN2O/c7-5(10-11)4-2-1-3-9-6(4)8/h1-3,5H. The molecule has 1 unspecified atom stereocenters. The molecular formula is C6H4ClFN2O. The molecule has 1 atom stereocenters. The minimum absolute atomic E-state index is 0.00386. The van der Waals surface area contributed by atoms with Crippen LogP contribution in [0.1, 0.15) is 11.1 Å². The van der Waals surface area contributed by atoms with Crippen molar-refractivity contribution in [2.24, 2.45) is 5.18 Å². The maximum Gasteiger partial charge on any atom is 0.219 e. The molecule has 0 aromatic carbocycles. The van der Waals surface area contributed by atoms with Crippen LogP contribution >= 0.6 is 11.6 Å². The Morgan fingerprint density at radius 3 is 3.00 bits per heavy atom. The van der Waals surface area contributed by atoms with Crippen LogP contribution in [0.5, 0.6) is 0 Å². The quantitative estimate of drug-likeness (QED) is 0.299. The maximum absolute atomic E-state index is 12.6. The molecule has 3 nitrogen and oxygen atoms in total. The average Bonchev–Trinajstić information content (AvgIpc) is 2.04. The van der Waals surface area contributed by atoms with Gasteiger partial charge in [-0.15, -0.1) is 4.91 Å². The molecule has 11 heavy (non-hydrogen) atoms. The lowest BCUT2D eigenvalue weighted by molar-refractivity contribution is 0.565. The molecule has 1 rings (SSSR count). The highest BCUT2D eigenvalue weighted by atomic mass is 35.5. The first-order valence-corrected chi connectivity index (χ1v) is 3.26. The minimum atomic E-state index is -1.19. The molecule has 1 aromatic heterocycles. The molecule has 0 aliphatic heterocycles. The number of hydrogen-bond acceptors (Lipinski definition) is 3. The first-order chi connectivity index (χ1) is 5.25. The van der Waals surface area contributed by atoms with Crippen molar-refractivity contribution < 1.29 is 4.39 Å². The second kappa shape index (κ2) is 3.39. The Balaban J connectivity index is 3.02. The number of nitroso groups, excluding NO2 is 1. The summed E-state index contributed by atoms with van der Waals surface area (Å²) in [5.41, 5.74) is -1.19. The summed E-state index contributed by atoms with van der Waals surface area (Å²) in [5.74, 6) is -0.757. The van der Waals surface area contributed by atoms with Gasteiger partial charge in [0, 0.05) is 6.20 Å². The summed E-state index contributed by atoms with van der Waals surface area (Å²) in [6.07, 6.45) is 1.27. The van der Waals surface area contributed by atoms with Gasteiger partial charge in [0.05, 0.1) is 5.56 Å².